The fraction of sp³-hybridized carbons (Fsp3) is 0.0417. The SMILES string of the molecule is Cc1ccc(-c2nc(NN=Cc3ccc4nccnc4c3)nc3ccccc23)cc1. The van der Waals surface area contributed by atoms with Gasteiger partial charge in [-0.25, -0.2) is 15.4 Å². The average molecular weight is 390 g/mol. The molecule has 6 heteroatoms. The number of para-hydroxylation sites is 1. The van der Waals surface area contributed by atoms with Crippen molar-refractivity contribution in [2.24, 2.45) is 5.10 Å². The van der Waals surface area contributed by atoms with Gasteiger partial charge in [-0.3, -0.25) is 9.97 Å². The molecule has 6 nitrogen and oxygen atoms in total. The van der Waals surface area contributed by atoms with Gasteiger partial charge in [0.1, 0.15) is 0 Å². The van der Waals surface area contributed by atoms with E-state index in [1.54, 1.807) is 18.6 Å². The van der Waals surface area contributed by atoms with Crippen LogP contribution in [0.2, 0.25) is 0 Å². The monoisotopic (exact) mass is 390 g/mol. The van der Waals surface area contributed by atoms with Gasteiger partial charge in [-0.05, 0) is 30.7 Å². The molecule has 0 saturated carbocycles. The van der Waals surface area contributed by atoms with Crippen LogP contribution >= 0.6 is 0 Å². The predicted molar refractivity (Wildman–Crippen MR) is 120 cm³/mol. The minimum Gasteiger partial charge on any atom is -0.253 e. The van der Waals surface area contributed by atoms with E-state index in [9.17, 15) is 0 Å². The van der Waals surface area contributed by atoms with Crippen LogP contribution < -0.4 is 5.43 Å². The molecule has 0 amide bonds. The molecule has 0 saturated heterocycles. The Balaban J connectivity index is 1.48. The number of hydrogen-bond acceptors (Lipinski definition) is 6. The van der Waals surface area contributed by atoms with Crippen LogP contribution in [0.1, 0.15) is 11.1 Å². The van der Waals surface area contributed by atoms with E-state index in [0.29, 0.717) is 5.95 Å². The standard InChI is InChI=1S/C24H18N6/c1-16-6-9-18(10-7-16)23-19-4-2-3-5-20(19)28-24(29-23)30-27-15-17-8-11-21-22(14-17)26-13-12-25-21/h2-15H,1H3,(H,28,29,30). The van der Waals surface area contributed by atoms with E-state index < -0.39 is 0 Å². The Morgan fingerprint density at radius 1 is 0.800 bits per heavy atom. The lowest BCUT2D eigenvalue weighted by atomic mass is 10.1. The molecule has 0 unspecified atom stereocenters. The van der Waals surface area contributed by atoms with E-state index in [1.807, 2.05) is 42.5 Å². The van der Waals surface area contributed by atoms with Crippen molar-refractivity contribution >= 4 is 34.1 Å². The lowest BCUT2D eigenvalue weighted by Gasteiger charge is -2.08. The van der Waals surface area contributed by atoms with E-state index in [4.69, 9.17) is 4.98 Å². The van der Waals surface area contributed by atoms with Crippen molar-refractivity contribution in [1.29, 1.82) is 0 Å². The van der Waals surface area contributed by atoms with Crippen LogP contribution in [0.3, 0.4) is 0 Å². The normalized spacial score (nSPS) is 11.4. The van der Waals surface area contributed by atoms with Crippen LogP contribution in [0.4, 0.5) is 5.95 Å². The smallest absolute Gasteiger partial charge is 0.244 e. The van der Waals surface area contributed by atoms with Crippen molar-refractivity contribution in [3.63, 3.8) is 0 Å². The Labute approximate surface area is 173 Å². The second-order valence-corrected chi connectivity index (χ2v) is 6.95. The Bertz CT molecular complexity index is 1380. The highest BCUT2D eigenvalue weighted by molar-refractivity contribution is 5.93. The van der Waals surface area contributed by atoms with Gasteiger partial charge in [0.2, 0.25) is 5.95 Å². The molecular formula is C24H18N6. The molecular weight excluding hydrogens is 372 g/mol. The van der Waals surface area contributed by atoms with Crippen molar-refractivity contribution in [2.75, 3.05) is 5.43 Å². The highest BCUT2D eigenvalue weighted by Gasteiger charge is 2.09. The average Bonchev–Trinajstić information content (AvgIpc) is 2.79. The molecule has 0 atom stereocenters. The molecule has 3 aromatic carbocycles. The maximum absolute atomic E-state index is 4.72. The Morgan fingerprint density at radius 3 is 2.47 bits per heavy atom. The van der Waals surface area contributed by atoms with Crippen molar-refractivity contribution < 1.29 is 0 Å². The summed E-state index contributed by atoms with van der Waals surface area (Å²) >= 11 is 0. The molecule has 0 aliphatic rings. The molecule has 5 aromatic rings. The van der Waals surface area contributed by atoms with E-state index in [0.717, 1.165) is 38.8 Å². The van der Waals surface area contributed by atoms with Gasteiger partial charge in [0.25, 0.3) is 0 Å². The van der Waals surface area contributed by atoms with Crippen LogP contribution in [0.5, 0.6) is 0 Å². The van der Waals surface area contributed by atoms with E-state index in [2.05, 4.69) is 56.7 Å². The van der Waals surface area contributed by atoms with Crippen molar-refractivity contribution in [2.45, 2.75) is 6.92 Å². The fourth-order valence-corrected chi connectivity index (χ4v) is 3.28. The summed E-state index contributed by atoms with van der Waals surface area (Å²) in [5.74, 6) is 0.445. The van der Waals surface area contributed by atoms with Crippen molar-refractivity contribution in [3.8, 4) is 11.3 Å². The second-order valence-electron chi connectivity index (χ2n) is 6.95. The Hall–Kier alpha value is -4.19. The number of fused-ring (bicyclic) bond motifs is 2. The molecule has 0 fully saturated rings. The van der Waals surface area contributed by atoms with Gasteiger partial charge in [0, 0.05) is 23.3 Å². The first kappa shape index (κ1) is 17.9. The van der Waals surface area contributed by atoms with Crippen LogP contribution in [0.25, 0.3) is 33.2 Å². The molecule has 1 N–H and O–H groups in total. The fourth-order valence-electron chi connectivity index (χ4n) is 3.28. The van der Waals surface area contributed by atoms with E-state index in [1.165, 1.54) is 5.56 Å². The summed E-state index contributed by atoms with van der Waals surface area (Å²) in [6.45, 7) is 2.07. The molecule has 0 bridgehead atoms. The predicted octanol–water partition coefficient (Wildman–Crippen LogP) is 4.99. The molecule has 0 radical (unpaired) electrons. The molecule has 2 aromatic heterocycles. The lowest BCUT2D eigenvalue weighted by Crippen LogP contribution is -2.00. The third-order valence-corrected chi connectivity index (χ3v) is 4.80. The number of anilines is 1. The zero-order valence-corrected chi connectivity index (χ0v) is 16.3. The number of nitrogens with zero attached hydrogens (tertiary/aromatic N) is 5. The first-order chi connectivity index (χ1) is 14.8. The van der Waals surface area contributed by atoms with Crippen LogP contribution in [0, 0.1) is 6.92 Å². The van der Waals surface area contributed by atoms with E-state index >= 15 is 0 Å². The summed E-state index contributed by atoms with van der Waals surface area (Å²) in [6.07, 6.45) is 5.08. The third-order valence-electron chi connectivity index (χ3n) is 4.80. The number of hydrazone groups is 1. The number of aromatic nitrogens is 4. The largest absolute Gasteiger partial charge is 0.253 e. The zero-order chi connectivity index (χ0) is 20.3. The molecule has 0 aliphatic carbocycles. The number of hydrogen-bond donors (Lipinski definition) is 1. The highest BCUT2D eigenvalue weighted by atomic mass is 15.3. The summed E-state index contributed by atoms with van der Waals surface area (Å²) in [7, 11) is 0. The summed E-state index contributed by atoms with van der Waals surface area (Å²) < 4.78 is 0. The second kappa shape index (κ2) is 7.67. The highest BCUT2D eigenvalue weighted by Crippen LogP contribution is 2.27. The molecule has 144 valence electrons. The minimum absolute atomic E-state index is 0.445. The zero-order valence-electron chi connectivity index (χ0n) is 16.3. The number of rotatable bonds is 4. The quantitative estimate of drug-likeness (QED) is 0.345. The first-order valence-corrected chi connectivity index (χ1v) is 9.60. The maximum atomic E-state index is 4.72. The van der Waals surface area contributed by atoms with Crippen LogP contribution in [-0.4, -0.2) is 26.2 Å². The Morgan fingerprint density at radius 2 is 1.60 bits per heavy atom. The van der Waals surface area contributed by atoms with Gasteiger partial charge < -0.3 is 0 Å². The molecule has 5 rings (SSSR count). The van der Waals surface area contributed by atoms with Crippen LogP contribution in [-0.2, 0) is 0 Å². The number of aryl methyl sites for hydroxylation is 1. The molecule has 0 spiro atoms. The number of nitrogens with one attached hydrogen (secondary N) is 1. The topological polar surface area (TPSA) is 76.0 Å². The van der Waals surface area contributed by atoms with E-state index in [-0.39, 0.29) is 0 Å². The minimum atomic E-state index is 0.445. The third kappa shape index (κ3) is 3.58. The van der Waals surface area contributed by atoms with Gasteiger partial charge >= 0.3 is 0 Å². The molecule has 0 aliphatic heterocycles. The summed E-state index contributed by atoms with van der Waals surface area (Å²) in [5, 5.41) is 5.33. The molecule has 2 heterocycles. The van der Waals surface area contributed by atoms with Gasteiger partial charge in [-0.15, -0.1) is 0 Å². The molecule has 30 heavy (non-hydrogen) atoms. The van der Waals surface area contributed by atoms with Gasteiger partial charge in [-0.1, -0.05) is 54.1 Å². The lowest BCUT2D eigenvalue weighted by molar-refractivity contribution is 1.16. The van der Waals surface area contributed by atoms with Crippen LogP contribution in [0.15, 0.2) is 84.2 Å². The summed E-state index contributed by atoms with van der Waals surface area (Å²) in [6, 6.07) is 22.1. The maximum Gasteiger partial charge on any atom is 0.244 e. The Kier molecular flexibility index (Phi) is 4.57. The van der Waals surface area contributed by atoms with Gasteiger partial charge in [0.15, 0.2) is 0 Å². The first-order valence-electron chi connectivity index (χ1n) is 9.60. The van der Waals surface area contributed by atoms with Gasteiger partial charge in [-0.2, -0.15) is 5.10 Å². The van der Waals surface area contributed by atoms with Gasteiger partial charge in [0.05, 0.1) is 28.5 Å². The van der Waals surface area contributed by atoms with Crippen molar-refractivity contribution in [1.82, 2.24) is 19.9 Å². The van der Waals surface area contributed by atoms with Crippen molar-refractivity contribution in [3.05, 3.63) is 90.3 Å². The summed E-state index contributed by atoms with van der Waals surface area (Å²) in [4.78, 5) is 17.9. The number of benzene rings is 3. The summed E-state index contributed by atoms with van der Waals surface area (Å²) in [5.41, 5.74) is 9.54.